The van der Waals surface area contributed by atoms with Crippen LogP contribution in [0.4, 0.5) is 0 Å². The first kappa shape index (κ1) is 19.3. The molecule has 0 aliphatic carbocycles. The maximum Gasteiger partial charge on any atom is 0.113 e. The van der Waals surface area contributed by atoms with Gasteiger partial charge in [-0.3, -0.25) is 0 Å². The van der Waals surface area contributed by atoms with Gasteiger partial charge in [-0.25, -0.2) is 4.98 Å². The van der Waals surface area contributed by atoms with Crippen LogP contribution in [0.15, 0.2) is 42.6 Å². The highest BCUT2D eigenvalue weighted by Crippen LogP contribution is 2.09. The zero-order valence-corrected chi connectivity index (χ0v) is 15.9. The molecule has 0 radical (unpaired) electrons. The van der Waals surface area contributed by atoms with Crippen LogP contribution in [0.3, 0.4) is 0 Å². The third-order valence-corrected chi connectivity index (χ3v) is 4.50. The molecule has 132 valence electrons. The van der Waals surface area contributed by atoms with E-state index >= 15 is 0 Å². The smallest absolute Gasteiger partial charge is 0.113 e. The number of benzene rings is 1. The molecule has 0 aliphatic rings. The van der Waals surface area contributed by atoms with E-state index in [-0.39, 0.29) is 0 Å². The normalized spacial score (nSPS) is 10.3. The molecule has 0 spiro atoms. The average molecular weight is 334 g/mol. The summed E-state index contributed by atoms with van der Waals surface area (Å²) < 4.78 is 0. The van der Waals surface area contributed by atoms with Crippen LogP contribution in [-0.2, 0) is 12.8 Å². The molecule has 2 rings (SSSR count). The molecule has 0 saturated heterocycles. The Balaban J connectivity index is 1.83. The maximum absolute atomic E-state index is 4.49. The Kier molecular flexibility index (Phi) is 8.84. The van der Waals surface area contributed by atoms with Gasteiger partial charge in [0.1, 0.15) is 5.69 Å². The molecule has 1 heterocycles. The Morgan fingerprint density at radius 3 is 2.04 bits per heavy atom. The monoisotopic (exact) mass is 333 g/mol. The molecule has 1 aromatic carbocycles. The van der Waals surface area contributed by atoms with E-state index in [4.69, 9.17) is 0 Å². The van der Waals surface area contributed by atoms with Crippen molar-refractivity contribution in [2.24, 2.45) is 0 Å². The van der Waals surface area contributed by atoms with E-state index in [1.54, 1.807) is 0 Å². The van der Waals surface area contributed by atoms with Gasteiger partial charge in [0.15, 0.2) is 0 Å². The standard InChI is InChI=1S/C24H31N/c1-3-5-7-8-9-11-23-17-19-24(25-20-23)18-16-22-14-12-21(13-15-22)10-6-4-2/h12-15,17,19-20H,3-11H2,1-2H3. The Labute approximate surface area is 153 Å². The van der Waals surface area contributed by atoms with E-state index in [0.717, 1.165) is 24.1 Å². The van der Waals surface area contributed by atoms with Gasteiger partial charge in [0.25, 0.3) is 0 Å². The first-order valence-corrected chi connectivity index (χ1v) is 9.87. The second kappa shape index (κ2) is 11.5. The lowest BCUT2D eigenvalue weighted by Gasteiger charge is -2.01. The average Bonchev–Trinajstić information content (AvgIpc) is 2.66. The van der Waals surface area contributed by atoms with Crippen LogP contribution in [0.1, 0.15) is 81.2 Å². The van der Waals surface area contributed by atoms with Crippen molar-refractivity contribution in [3.63, 3.8) is 0 Å². The number of unbranched alkanes of at least 4 members (excludes halogenated alkanes) is 5. The molecule has 0 fully saturated rings. The van der Waals surface area contributed by atoms with Crippen molar-refractivity contribution in [2.75, 3.05) is 0 Å². The summed E-state index contributed by atoms with van der Waals surface area (Å²) in [5.74, 6) is 6.39. The van der Waals surface area contributed by atoms with Crippen LogP contribution in [0, 0.1) is 11.8 Å². The number of aromatic nitrogens is 1. The summed E-state index contributed by atoms with van der Waals surface area (Å²) >= 11 is 0. The molecule has 1 heteroatoms. The van der Waals surface area contributed by atoms with Gasteiger partial charge >= 0.3 is 0 Å². The second-order valence-electron chi connectivity index (χ2n) is 6.77. The Bertz CT molecular complexity index is 656. The van der Waals surface area contributed by atoms with Gasteiger partial charge in [0, 0.05) is 11.8 Å². The van der Waals surface area contributed by atoms with E-state index < -0.39 is 0 Å². The summed E-state index contributed by atoms with van der Waals surface area (Å²) in [4.78, 5) is 4.49. The predicted octanol–water partition coefficient (Wildman–Crippen LogP) is 6.34. The Morgan fingerprint density at radius 1 is 0.680 bits per heavy atom. The first-order chi connectivity index (χ1) is 12.3. The summed E-state index contributed by atoms with van der Waals surface area (Å²) in [6.07, 6.45) is 13.4. The molecule has 1 aromatic heterocycles. The van der Waals surface area contributed by atoms with Crippen molar-refractivity contribution < 1.29 is 0 Å². The first-order valence-electron chi connectivity index (χ1n) is 9.87. The summed E-state index contributed by atoms with van der Waals surface area (Å²) in [6.45, 7) is 4.48. The van der Waals surface area contributed by atoms with Gasteiger partial charge in [0.05, 0.1) is 0 Å². The molecule has 0 atom stereocenters. The Hall–Kier alpha value is -2.07. The third kappa shape index (κ3) is 7.57. The van der Waals surface area contributed by atoms with Crippen molar-refractivity contribution in [2.45, 2.75) is 71.6 Å². The van der Waals surface area contributed by atoms with Crippen LogP contribution in [0.25, 0.3) is 0 Å². The summed E-state index contributed by atoms with van der Waals surface area (Å²) in [5.41, 5.74) is 4.63. The van der Waals surface area contributed by atoms with Gasteiger partial charge < -0.3 is 0 Å². The van der Waals surface area contributed by atoms with Crippen LogP contribution in [-0.4, -0.2) is 4.98 Å². The molecule has 0 aliphatic heterocycles. The second-order valence-corrected chi connectivity index (χ2v) is 6.77. The fourth-order valence-electron chi connectivity index (χ4n) is 2.85. The van der Waals surface area contributed by atoms with Crippen molar-refractivity contribution in [3.05, 3.63) is 65.0 Å². The zero-order chi connectivity index (χ0) is 17.7. The number of hydrogen-bond donors (Lipinski definition) is 0. The van der Waals surface area contributed by atoms with Crippen molar-refractivity contribution in [1.29, 1.82) is 0 Å². The van der Waals surface area contributed by atoms with E-state index in [1.807, 2.05) is 12.3 Å². The molecular weight excluding hydrogens is 302 g/mol. The van der Waals surface area contributed by atoms with E-state index in [1.165, 1.54) is 56.1 Å². The highest BCUT2D eigenvalue weighted by Gasteiger charge is 1.96. The maximum atomic E-state index is 4.49. The molecule has 1 nitrogen and oxygen atoms in total. The lowest BCUT2D eigenvalue weighted by atomic mass is 10.1. The van der Waals surface area contributed by atoms with Gasteiger partial charge in [-0.1, -0.05) is 70.1 Å². The van der Waals surface area contributed by atoms with Gasteiger partial charge in [0.2, 0.25) is 0 Å². The van der Waals surface area contributed by atoms with E-state index in [9.17, 15) is 0 Å². The lowest BCUT2D eigenvalue weighted by Crippen LogP contribution is -1.90. The summed E-state index contributed by atoms with van der Waals surface area (Å²) in [7, 11) is 0. The van der Waals surface area contributed by atoms with Crippen LogP contribution in [0.2, 0.25) is 0 Å². The molecular formula is C24H31N. The minimum Gasteiger partial charge on any atom is -0.248 e. The number of aryl methyl sites for hydroxylation is 2. The molecule has 0 amide bonds. The molecule has 0 unspecified atom stereocenters. The van der Waals surface area contributed by atoms with Crippen molar-refractivity contribution in [3.8, 4) is 11.8 Å². The molecule has 0 N–H and O–H groups in total. The fourth-order valence-corrected chi connectivity index (χ4v) is 2.85. The predicted molar refractivity (Wildman–Crippen MR) is 108 cm³/mol. The zero-order valence-electron chi connectivity index (χ0n) is 15.9. The number of nitrogens with zero attached hydrogens (tertiary/aromatic N) is 1. The van der Waals surface area contributed by atoms with Crippen molar-refractivity contribution >= 4 is 0 Å². The quantitative estimate of drug-likeness (QED) is 0.385. The highest BCUT2D eigenvalue weighted by atomic mass is 14.7. The van der Waals surface area contributed by atoms with E-state index in [2.05, 4.69) is 61.0 Å². The SMILES string of the molecule is CCCCCCCc1ccc(C#Cc2ccc(CCCC)cc2)nc1. The van der Waals surface area contributed by atoms with Gasteiger partial charge in [-0.05, 0) is 60.9 Å². The molecule has 0 bridgehead atoms. The largest absolute Gasteiger partial charge is 0.248 e. The summed E-state index contributed by atoms with van der Waals surface area (Å²) in [6, 6.07) is 12.8. The van der Waals surface area contributed by atoms with Gasteiger partial charge in [-0.2, -0.15) is 0 Å². The fraction of sp³-hybridized carbons (Fsp3) is 0.458. The van der Waals surface area contributed by atoms with Crippen LogP contribution >= 0.6 is 0 Å². The Morgan fingerprint density at radius 2 is 1.36 bits per heavy atom. The van der Waals surface area contributed by atoms with Crippen LogP contribution < -0.4 is 0 Å². The lowest BCUT2D eigenvalue weighted by molar-refractivity contribution is 0.631. The van der Waals surface area contributed by atoms with Crippen LogP contribution in [0.5, 0.6) is 0 Å². The number of rotatable bonds is 9. The summed E-state index contributed by atoms with van der Waals surface area (Å²) in [5, 5.41) is 0. The highest BCUT2D eigenvalue weighted by molar-refractivity contribution is 5.41. The number of hydrogen-bond acceptors (Lipinski definition) is 1. The molecule has 0 saturated carbocycles. The molecule has 25 heavy (non-hydrogen) atoms. The minimum absolute atomic E-state index is 0.852. The topological polar surface area (TPSA) is 12.9 Å². The van der Waals surface area contributed by atoms with E-state index in [0.29, 0.717) is 0 Å². The van der Waals surface area contributed by atoms with Gasteiger partial charge in [-0.15, -0.1) is 0 Å². The minimum atomic E-state index is 0.852. The van der Waals surface area contributed by atoms with Crippen molar-refractivity contribution in [1.82, 2.24) is 4.98 Å². The number of pyridine rings is 1. The third-order valence-electron chi connectivity index (χ3n) is 4.50. The molecule has 2 aromatic rings.